The Kier molecular flexibility index (Phi) is 9.70. The average Bonchev–Trinajstić information content (AvgIpc) is 3.35. The van der Waals surface area contributed by atoms with Crippen molar-refractivity contribution in [2.75, 3.05) is 20.2 Å². The number of ether oxygens (including phenoxy) is 3. The van der Waals surface area contributed by atoms with Gasteiger partial charge in [0.15, 0.2) is 0 Å². The van der Waals surface area contributed by atoms with Crippen LogP contribution in [0.5, 0.6) is 11.5 Å². The molecule has 0 aliphatic rings. The maximum Gasteiger partial charge on any atom is 0.410 e. The fourth-order valence-corrected chi connectivity index (χ4v) is 4.52. The maximum atomic E-state index is 12.1. The fraction of sp³-hybridized carbons (Fsp3) is 0.448. The Morgan fingerprint density at radius 3 is 2.53 bits per heavy atom. The minimum atomic E-state index is -0.512. The summed E-state index contributed by atoms with van der Waals surface area (Å²) in [6.45, 7) is 20.1. The van der Waals surface area contributed by atoms with Crippen LogP contribution in [0.4, 0.5) is 10.5 Å². The second-order valence-electron chi connectivity index (χ2n) is 10.1. The lowest BCUT2D eigenvalue weighted by molar-refractivity contribution is 0.0292. The molecule has 1 aromatic heterocycles. The first-order valence-electron chi connectivity index (χ1n) is 12.7. The molecule has 8 nitrogen and oxygen atoms in total. The Hall–Kier alpha value is -3.64. The molecule has 2 aromatic carbocycles. The summed E-state index contributed by atoms with van der Waals surface area (Å²) in [7, 11) is 1.73. The van der Waals surface area contributed by atoms with Gasteiger partial charge in [0.25, 0.3) is 0 Å². The summed E-state index contributed by atoms with van der Waals surface area (Å²) in [4.78, 5) is 17.3. The summed E-state index contributed by atoms with van der Waals surface area (Å²) in [5.74, 6) is 1.35. The van der Waals surface area contributed by atoms with Crippen LogP contribution >= 0.6 is 11.3 Å². The molecule has 202 valence electrons. The van der Waals surface area contributed by atoms with Crippen molar-refractivity contribution in [2.24, 2.45) is 0 Å². The Balaban J connectivity index is 1.65. The predicted octanol–water partition coefficient (Wildman–Crippen LogP) is 7.41. The van der Waals surface area contributed by atoms with E-state index in [-0.39, 0.29) is 12.2 Å². The average molecular weight is 537 g/mol. The van der Waals surface area contributed by atoms with Gasteiger partial charge in [0.1, 0.15) is 27.1 Å². The van der Waals surface area contributed by atoms with E-state index in [1.807, 2.05) is 65.0 Å². The number of nitrogens with zero attached hydrogens (tertiary/aromatic N) is 4. The van der Waals surface area contributed by atoms with Crippen LogP contribution in [0.1, 0.15) is 53.5 Å². The molecule has 1 heterocycles. The zero-order valence-electron chi connectivity index (χ0n) is 23.2. The number of aromatic nitrogens is 2. The molecule has 0 saturated heterocycles. The van der Waals surface area contributed by atoms with Gasteiger partial charge in [-0.2, -0.15) is 0 Å². The fourth-order valence-electron chi connectivity index (χ4n) is 3.62. The van der Waals surface area contributed by atoms with Crippen LogP contribution in [0.25, 0.3) is 26.0 Å². The van der Waals surface area contributed by atoms with Gasteiger partial charge in [-0.25, -0.2) is 9.64 Å². The smallest absolute Gasteiger partial charge is 0.410 e. The first-order valence-corrected chi connectivity index (χ1v) is 13.5. The van der Waals surface area contributed by atoms with E-state index in [2.05, 4.69) is 22.0 Å². The maximum absolute atomic E-state index is 12.1. The van der Waals surface area contributed by atoms with Gasteiger partial charge in [-0.3, -0.25) is 0 Å². The number of aryl methyl sites for hydroxylation is 1. The molecule has 0 radical (unpaired) electrons. The molecule has 0 bridgehead atoms. The van der Waals surface area contributed by atoms with Crippen molar-refractivity contribution in [3.8, 4) is 32.6 Å². The first-order chi connectivity index (χ1) is 18.0. The lowest BCUT2D eigenvalue weighted by atomic mass is 10.1. The highest BCUT2D eigenvalue weighted by Crippen LogP contribution is 2.37. The van der Waals surface area contributed by atoms with E-state index in [4.69, 9.17) is 20.8 Å². The van der Waals surface area contributed by atoms with Crippen molar-refractivity contribution in [1.82, 2.24) is 15.1 Å². The predicted molar refractivity (Wildman–Crippen MR) is 151 cm³/mol. The normalized spacial score (nSPS) is 11.2. The molecule has 38 heavy (non-hydrogen) atoms. The number of hydrogen-bond acceptors (Lipinski definition) is 7. The quantitative estimate of drug-likeness (QED) is 0.198. The highest BCUT2D eigenvalue weighted by atomic mass is 32.1. The summed E-state index contributed by atoms with van der Waals surface area (Å²) in [6.07, 6.45) is 1.15. The van der Waals surface area contributed by atoms with Crippen LogP contribution < -0.4 is 9.47 Å². The standard InChI is InChI=1S/C29H36N4O4S/c1-9-20-17-22(35-16-10-15-33(8)28(34)37-29(4,5)6)12-13-23(20)27-32-31-26(38-27)21-11-14-25(36-19(2)3)24(18-21)30-7/h11-14,17-19H,9-10,15-16H2,1-6,8H3. The van der Waals surface area contributed by atoms with Crippen molar-refractivity contribution >= 4 is 23.1 Å². The van der Waals surface area contributed by atoms with Crippen LogP contribution in [-0.2, 0) is 11.2 Å². The second-order valence-corrected chi connectivity index (χ2v) is 11.1. The molecular formula is C29H36N4O4S. The molecule has 0 aliphatic carbocycles. The van der Waals surface area contributed by atoms with E-state index in [9.17, 15) is 4.79 Å². The zero-order valence-corrected chi connectivity index (χ0v) is 24.0. The molecule has 1 amide bonds. The Bertz CT molecular complexity index is 1290. The van der Waals surface area contributed by atoms with E-state index in [0.29, 0.717) is 31.0 Å². The van der Waals surface area contributed by atoms with Crippen LogP contribution in [0.15, 0.2) is 36.4 Å². The molecule has 0 unspecified atom stereocenters. The summed E-state index contributed by atoms with van der Waals surface area (Å²) in [5.41, 5.74) is 2.91. The molecule has 3 rings (SSSR count). The number of rotatable bonds is 10. The molecule has 3 aromatic rings. The Morgan fingerprint density at radius 1 is 1.13 bits per heavy atom. The van der Waals surface area contributed by atoms with Gasteiger partial charge in [0.2, 0.25) is 5.69 Å². The number of carbonyl (C=O) groups is 1. The van der Waals surface area contributed by atoms with Gasteiger partial charge < -0.3 is 19.1 Å². The summed E-state index contributed by atoms with van der Waals surface area (Å²) in [5, 5.41) is 10.4. The number of benzene rings is 2. The SMILES string of the molecule is [C-]#[N+]c1cc(-c2nnc(-c3ccc(OCCCN(C)C(=O)OC(C)(C)C)cc3CC)s2)ccc1OC(C)C. The first kappa shape index (κ1) is 28.9. The van der Waals surface area contributed by atoms with Crippen LogP contribution in [0.3, 0.4) is 0 Å². The van der Waals surface area contributed by atoms with Crippen LogP contribution in [-0.4, -0.2) is 53.1 Å². The highest BCUT2D eigenvalue weighted by molar-refractivity contribution is 7.17. The number of amides is 1. The van der Waals surface area contributed by atoms with Gasteiger partial charge in [-0.1, -0.05) is 24.3 Å². The van der Waals surface area contributed by atoms with Crippen molar-refractivity contribution in [1.29, 1.82) is 0 Å². The minimum absolute atomic E-state index is 0.00697. The van der Waals surface area contributed by atoms with Crippen LogP contribution in [0, 0.1) is 6.57 Å². The number of carbonyl (C=O) groups excluding carboxylic acids is 1. The topological polar surface area (TPSA) is 78.1 Å². The molecule has 0 saturated carbocycles. The van der Waals surface area contributed by atoms with Gasteiger partial charge >= 0.3 is 6.09 Å². The summed E-state index contributed by atoms with van der Waals surface area (Å²) < 4.78 is 17.1. The summed E-state index contributed by atoms with van der Waals surface area (Å²) >= 11 is 1.49. The van der Waals surface area contributed by atoms with Crippen molar-refractivity contribution in [2.45, 2.75) is 66.1 Å². The molecule has 0 aliphatic heterocycles. The molecule has 9 heteroatoms. The lowest BCUT2D eigenvalue weighted by Crippen LogP contribution is -2.35. The minimum Gasteiger partial charge on any atom is -0.502 e. The third kappa shape index (κ3) is 7.93. The molecule has 0 spiro atoms. The van der Waals surface area contributed by atoms with E-state index < -0.39 is 5.60 Å². The molecule has 0 atom stereocenters. The molecule has 0 fully saturated rings. The third-order valence-corrected chi connectivity index (χ3v) is 6.42. The van der Waals surface area contributed by atoms with Gasteiger partial charge in [0.05, 0.1) is 19.3 Å². The Morgan fingerprint density at radius 2 is 1.87 bits per heavy atom. The Labute approximate surface area is 229 Å². The van der Waals surface area contributed by atoms with E-state index in [1.165, 1.54) is 11.3 Å². The highest BCUT2D eigenvalue weighted by Gasteiger charge is 2.19. The van der Waals surface area contributed by atoms with Crippen molar-refractivity contribution in [3.05, 3.63) is 53.4 Å². The van der Waals surface area contributed by atoms with Crippen molar-refractivity contribution < 1.29 is 19.0 Å². The van der Waals surface area contributed by atoms with E-state index in [0.717, 1.165) is 38.9 Å². The number of hydrogen-bond donors (Lipinski definition) is 0. The van der Waals surface area contributed by atoms with Gasteiger partial charge in [0, 0.05) is 24.7 Å². The van der Waals surface area contributed by atoms with E-state index >= 15 is 0 Å². The lowest BCUT2D eigenvalue weighted by Gasteiger charge is -2.24. The second kappa shape index (κ2) is 12.7. The van der Waals surface area contributed by atoms with Crippen LogP contribution in [0.2, 0.25) is 0 Å². The molecular weight excluding hydrogens is 500 g/mol. The summed E-state index contributed by atoms with van der Waals surface area (Å²) in [6, 6.07) is 11.5. The third-order valence-electron chi connectivity index (χ3n) is 5.41. The van der Waals surface area contributed by atoms with Gasteiger partial charge in [-0.05, 0) is 83.4 Å². The monoisotopic (exact) mass is 536 g/mol. The van der Waals surface area contributed by atoms with E-state index in [1.54, 1.807) is 18.0 Å². The zero-order chi connectivity index (χ0) is 27.9. The largest absolute Gasteiger partial charge is 0.502 e. The molecule has 0 N–H and O–H groups in total. The van der Waals surface area contributed by atoms with Gasteiger partial charge in [-0.15, -0.1) is 10.2 Å². The van der Waals surface area contributed by atoms with Crippen molar-refractivity contribution in [3.63, 3.8) is 0 Å².